The van der Waals surface area contributed by atoms with E-state index in [4.69, 9.17) is 4.42 Å². The minimum atomic E-state index is -4.98. The van der Waals surface area contributed by atoms with Gasteiger partial charge in [-0.2, -0.15) is 0 Å². The van der Waals surface area contributed by atoms with Crippen LogP contribution in [0.25, 0.3) is 0 Å². The Bertz CT molecular complexity index is 1230. The van der Waals surface area contributed by atoms with E-state index < -0.39 is 25.0 Å². The van der Waals surface area contributed by atoms with E-state index >= 15 is 0 Å². The molecule has 160 valence electrons. The topological polar surface area (TPSA) is 132 Å². The summed E-state index contributed by atoms with van der Waals surface area (Å²) in [5.41, 5.74) is 0.818. The Morgan fingerprint density at radius 1 is 1.00 bits per heavy atom. The van der Waals surface area contributed by atoms with Crippen molar-refractivity contribution in [2.45, 2.75) is 16.3 Å². The molecule has 0 aliphatic rings. The molecule has 1 heterocycles. The van der Waals surface area contributed by atoms with Crippen LogP contribution in [0.2, 0.25) is 0 Å². The van der Waals surface area contributed by atoms with Crippen molar-refractivity contribution in [2.24, 2.45) is 0 Å². The maximum Gasteiger partial charge on any atom is 1.00 e. The summed E-state index contributed by atoms with van der Waals surface area (Å²) in [7, 11) is -6.21. The van der Waals surface area contributed by atoms with Gasteiger partial charge in [-0.3, -0.25) is 0 Å². The predicted molar refractivity (Wildman–Crippen MR) is 111 cm³/mol. The van der Waals surface area contributed by atoms with Crippen molar-refractivity contribution in [3.63, 3.8) is 0 Å². The third-order valence-corrected chi connectivity index (χ3v) is 6.75. The third-order valence-electron chi connectivity index (χ3n) is 4.43. The van der Waals surface area contributed by atoms with E-state index in [0.717, 1.165) is 6.07 Å². The summed E-state index contributed by atoms with van der Waals surface area (Å²) in [5.74, 6) is 0.508. The summed E-state index contributed by atoms with van der Waals surface area (Å²) >= 11 is 0. The zero-order chi connectivity index (χ0) is 21.9. The number of benzene rings is 2. The quantitative estimate of drug-likeness (QED) is 0.319. The van der Waals surface area contributed by atoms with Crippen LogP contribution < -0.4 is 66.3 Å². The molecular weight excluding hydrogens is 469 g/mol. The molecule has 12 heteroatoms. The molecule has 0 atom stereocenters. The van der Waals surface area contributed by atoms with Crippen LogP contribution in [0.4, 0.5) is 17.1 Å². The molecule has 0 saturated heterocycles. The zero-order valence-electron chi connectivity index (χ0n) is 17.2. The molecule has 1 aromatic heterocycles. The van der Waals surface area contributed by atoms with Gasteiger partial charge in [-0.25, -0.2) is 21.6 Å². The molecule has 3 rings (SSSR count). The van der Waals surface area contributed by atoms with Crippen LogP contribution >= 0.6 is 0 Å². The number of nitrogens with zero attached hydrogens (tertiary/aromatic N) is 1. The molecule has 0 radical (unpaired) electrons. The van der Waals surface area contributed by atoms with E-state index in [9.17, 15) is 21.4 Å². The van der Waals surface area contributed by atoms with Gasteiger partial charge in [0, 0.05) is 12.7 Å². The fourth-order valence-electron chi connectivity index (χ4n) is 2.87. The van der Waals surface area contributed by atoms with Gasteiger partial charge in [-0.15, -0.1) is 0 Å². The summed E-state index contributed by atoms with van der Waals surface area (Å²) in [4.78, 5) is 0.575. The van der Waals surface area contributed by atoms with E-state index in [-0.39, 0.29) is 74.2 Å². The maximum absolute atomic E-state index is 12.6. The number of nitrogens with one attached hydrogen (secondary N) is 2. The number of rotatable bonds is 8. The first-order valence-electron chi connectivity index (χ1n) is 8.76. The Morgan fingerprint density at radius 2 is 1.68 bits per heavy atom. The second-order valence-electron chi connectivity index (χ2n) is 6.31. The molecule has 0 aliphatic carbocycles. The largest absolute Gasteiger partial charge is 1.00 e. The maximum atomic E-state index is 12.6. The van der Waals surface area contributed by atoms with Crippen molar-refractivity contribution >= 4 is 37.2 Å². The number of sulfonamides is 1. The summed E-state index contributed by atoms with van der Waals surface area (Å²) in [5, 5.41) is 2.85. The standard InChI is InChI=1S/C19H21N3O6S2.K/c1-20-29(23,24)19-12-18(30(25,26)27)16(21-13-15-9-6-10-28-15)11-17(19)22(2)14-7-4-3-5-8-14;/h3-12,20-21H,13H2,1-2H3,(H,25,26,27);/q;+1/p-1. The Morgan fingerprint density at radius 3 is 2.23 bits per heavy atom. The van der Waals surface area contributed by atoms with Gasteiger partial charge < -0.3 is 19.2 Å². The SMILES string of the molecule is CNS(=O)(=O)c1cc(S(=O)(=O)[O-])c(NCc2ccco2)cc1N(C)c1ccccc1.[K+]. The molecule has 2 aromatic carbocycles. The van der Waals surface area contributed by atoms with Gasteiger partial charge in [-0.1, -0.05) is 18.2 Å². The van der Waals surface area contributed by atoms with Gasteiger partial charge in [0.25, 0.3) is 0 Å². The van der Waals surface area contributed by atoms with Crippen LogP contribution in [0.1, 0.15) is 5.76 Å². The first kappa shape index (κ1) is 26.0. The Balaban J connectivity index is 0.00000341. The van der Waals surface area contributed by atoms with Crippen molar-refractivity contribution in [2.75, 3.05) is 24.3 Å². The van der Waals surface area contributed by atoms with Crippen molar-refractivity contribution in [1.29, 1.82) is 0 Å². The van der Waals surface area contributed by atoms with Gasteiger partial charge in [0.1, 0.15) is 20.8 Å². The second kappa shape index (κ2) is 10.6. The summed E-state index contributed by atoms with van der Waals surface area (Å²) in [6.45, 7) is 0.0993. The molecule has 0 amide bonds. The van der Waals surface area contributed by atoms with Crippen LogP contribution in [-0.4, -0.2) is 35.5 Å². The van der Waals surface area contributed by atoms with E-state index in [1.165, 1.54) is 19.4 Å². The van der Waals surface area contributed by atoms with Crippen LogP contribution in [0, 0.1) is 0 Å². The Hall–Kier alpha value is -1.22. The molecule has 0 fully saturated rings. The van der Waals surface area contributed by atoms with E-state index in [1.807, 2.05) is 6.07 Å². The first-order chi connectivity index (χ1) is 14.1. The molecule has 0 bridgehead atoms. The van der Waals surface area contributed by atoms with Gasteiger partial charge in [0.05, 0.1) is 29.1 Å². The monoisotopic (exact) mass is 489 g/mol. The van der Waals surface area contributed by atoms with Crippen LogP contribution in [0.5, 0.6) is 0 Å². The molecule has 0 unspecified atom stereocenters. The molecule has 9 nitrogen and oxygen atoms in total. The number of furan rings is 1. The smallest absolute Gasteiger partial charge is 0.744 e. The van der Waals surface area contributed by atoms with Crippen LogP contribution in [0.15, 0.2) is 75.1 Å². The van der Waals surface area contributed by atoms with E-state index in [0.29, 0.717) is 11.4 Å². The first-order valence-corrected chi connectivity index (χ1v) is 11.6. The number of hydrogen-bond donors (Lipinski definition) is 2. The van der Waals surface area contributed by atoms with Crippen LogP contribution in [-0.2, 0) is 26.7 Å². The average Bonchev–Trinajstić information content (AvgIpc) is 3.24. The second-order valence-corrected chi connectivity index (χ2v) is 9.51. The number of anilines is 3. The number of hydrogen-bond acceptors (Lipinski definition) is 8. The fraction of sp³-hybridized carbons (Fsp3) is 0.158. The third kappa shape index (κ3) is 6.18. The average molecular weight is 490 g/mol. The molecule has 31 heavy (non-hydrogen) atoms. The minimum absolute atomic E-state index is 0. The van der Waals surface area contributed by atoms with E-state index in [1.54, 1.807) is 48.3 Å². The molecule has 0 aliphatic heterocycles. The molecule has 2 N–H and O–H groups in total. The van der Waals surface area contributed by atoms with Gasteiger partial charge in [-0.05, 0) is 43.4 Å². The van der Waals surface area contributed by atoms with Crippen molar-refractivity contribution in [1.82, 2.24) is 4.72 Å². The van der Waals surface area contributed by atoms with Crippen LogP contribution in [0.3, 0.4) is 0 Å². The fourth-order valence-corrected chi connectivity index (χ4v) is 4.57. The zero-order valence-corrected chi connectivity index (χ0v) is 21.9. The van der Waals surface area contributed by atoms with Gasteiger partial charge in [0.2, 0.25) is 10.0 Å². The Labute approximate surface area is 224 Å². The van der Waals surface area contributed by atoms with Gasteiger partial charge in [0.15, 0.2) is 0 Å². The molecule has 3 aromatic rings. The van der Waals surface area contributed by atoms with Gasteiger partial charge >= 0.3 is 51.4 Å². The molecule has 0 saturated carbocycles. The van der Waals surface area contributed by atoms with Crippen molar-refractivity contribution < 1.29 is 77.2 Å². The summed E-state index contributed by atoms with van der Waals surface area (Å²) in [6.07, 6.45) is 1.46. The summed E-state index contributed by atoms with van der Waals surface area (Å²) < 4.78 is 68.3. The molecular formula is C19H20KN3O6S2. The number of para-hydroxylation sites is 1. The van der Waals surface area contributed by atoms with Crippen molar-refractivity contribution in [3.8, 4) is 0 Å². The Kier molecular flexibility index (Phi) is 8.90. The normalized spacial score (nSPS) is 11.6. The van der Waals surface area contributed by atoms with Crippen molar-refractivity contribution in [3.05, 3.63) is 66.6 Å². The predicted octanol–water partition coefficient (Wildman–Crippen LogP) is -0.524. The molecule has 0 spiro atoms. The summed E-state index contributed by atoms with van der Waals surface area (Å²) in [6, 6.07) is 14.4. The van der Waals surface area contributed by atoms with E-state index in [2.05, 4.69) is 10.0 Å². The minimum Gasteiger partial charge on any atom is -0.744 e.